The van der Waals surface area contributed by atoms with Gasteiger partial charge in [-0.2, -0.15) is 36.9 Å². The average molecular weight is 1090 g/mol. The zero-order chi connectivity index (χ0) is 55.0. The van der Waals surface area contributed by atoms with Gasteiger partial charge >= 0.3 is 12.4 Å². The molecule has 2 aromatic heterocycles. The Balaban J connectivity index is 1.07. The van der Waals surface area contributed by atoms with Gasteiger partial charge in [0, 0.05) is 59.1 Å². The maximum atomic E-state index is 14.7. The van der Waals surface area contributed by atoms with Gasteiger partial charge in [0.2, 0.25) is 0 Å². The van der Waals surface area contributed by atoms with Gasteiger partial charge in [0.1, 0.15) is 0 Å². The van der Waals surface area contributed by atoms with Gasteiger partial charge in [-0.05, 0) is 129 Å². The van der Waals surface area contributed by atoms with E-state index in [9.17, 15) is 36.9 Å². The van der Waals surface area contributed by atoms with Crippen LogP contribution in [-0.4, -0.2) is 0 Å². The molecule has 0 fully saturated rings. The van der Waals surface area contributed by atoms with E-state index in [0.717, 1.165) is 79.3 Å². The van der Waals surface area contributed by atoms with E-state index in [1.165, 1.54) is 12.1 Å². The van der Waals surface area contributed by atoms with Gasteiger partial charge in [-0.1, -0.05) is 135 Å². The van der Waals surface area contributed by atoms with Gasteiger partial charge in [0.15, 0.2) is 0 Å². The minimum absolute atomic E-state index is 0.125. The normalized spacial score (nSPS) is 13.9. The van der Waals surface area contributed by atoms with Crippen LogP contribution in [0.3, 0.4) is 0 Å². The fourth-order valence-corrected chi connectivity index (χ4v) is 15.5. The number of benzene rings is 10. The van der Waals surface area contributed by atoms with E-state index in [1.54, 1.807) is 48.5 Å². The highest BCUT2D eigenvalue weighted by molar-refractivity contribution is 7.27. The van der Waals surface area contributed by atoms with Crippen LogP contribution in [0.1, 0.15) is 69.5 Å². The lowest BCUT2D eigenvalue weighted by atomic mass is 9.55. The lowest BCUT2D eigenvalue weighted by molar-refractivity contribution is -0.137. The van der Waals surface area contributed by atoms with Gasteiger partial charge in [-0.15, -0.1) is 22.7 Å². The largest absolute Gasteiger partial charge is 0.417 e. The monoisotopic (exact) mass is 1090 g/mol. The molecule has 0 atom stereocenters. The van der Waals surface area contributed by atoms with Crippen LogP contribution in [0.15, 0.2) is 206 Å². The smallest absolute Gasteiger partial charge is 0.309 e. The molecule has 2 heterocycles. The number of rotatable bonds is 6. The summed E-state index contributed by atoms with van der Waals surface area (Å²) in [7, 11) is 0. The molecule has 10 aromatic carbocycles. The first-order valence-corrected chi connectivity index (χ1v) is 27.4. The topological polar surface area (TPSA) is 54.1 Å². The quantitative estimate of drug-likeness (QED) is 0.156. The Labute approximate surface area is 463 Å². The molecule has 12 heteroatoms. The second-order valence-electron chi connectivity index (χ2n) is 20.8. The summed E-state index contributed by atoms with van der Waals surface area (Å²) in [5, 5.41) is 22.9. The van der Waals surface area contributed by atoms with Crippen LogP contribution >= 0.6 is 22.7 Å². The summed E-state index contributed by atoms with van der Waals surface area (Å²) in [4.78, 5) is 4.03. The molecule has 0 bridgehead atoms. The number of fused-ring (bicyclic) bond motifs is 15. The molecule has 14 rings (SSSR count). The van der Waals surface area contributed by atoms with Crippen LogP contribution in [0.4, 0.5) is 60.5 Å². The third-order valence-corrected chi connectivity index (χ3v) is 18.8. The number of nitriles is 2. The number of anilines is 6. The summed E-state index contributed by atoms with van der Waals surface area (Å²) in [6.07, 6.45) is -9.19. The molecule has 0 N–H and O–H groups in total. The van der Waals surface area contributed by atoms with E-state index >= 15 is 0 Å². The summed E-state index contributed by atoms with van der Waals surface area (Å²) in [6.45, 7) is 4.50. The van der Waals surface area contributed by atoms with Crippen molar-refractivity contribution in [2.45, 2.75) is 37.0 Å². The maximum absolute atomic E-state index is 14.7. The Kier molecular flexibility index (Phi) is 10.8. The summed E-state index contributed by atoms with van der Waals surface area (Å²) in [6, 6.07) is 68.5. The first-order chi connectivity index (χ1) is 38.6. The van der Waals surface area contributed by atoms with Crippen molar-refractivity contribution in [3.05, 3.63) is 262 Å². The highest BCUT2D eigenvalue weighted by atomic mass is 32.1. The van der Waals surface area contributed by atoms with Crippen LogP contribution < -0.4 is 9.80 Å². The average Bonchev–Trinajstić information content (AvgIpc) is 4.30. The van der Waals surface area contributed by atoms with Crippen LogP contribution in [-0.2, 0) is 23.2 Å². The van der Waals surface area contributed by atoms with Gasteiger partial charge in [0.05, 0.1) is 60.6 Å². The summed E-state index contributed by atoms with van der Waals surface area (Å²) in [5.74, 6) is 0. The van der Waals surface area contributed by atoms with E-state index in [2.05, 4.69) is 111 Å². The number of halogens is 6. The fourth-order valence-electron chi connectivity index (χ4n) is 12.9. The Morgan fingerprint density at radius 3 is 1.14 bits per heavy atom. The van der Waals surface area contributed by atoms with Crippen molar-refractivity contribution >= 4 is 97.1 Å². The molecule has 0 saturated heterocycles. The molecule has 2 aliphatic rings. The van der Waals surface area contributed by atoms with Crippen molar-refractivity contribution in [2.75, 3.05) is 9.80 Å². The molecule has 1 spiro atoms. The third-order valence-electron chi connectivity index (χ3n) is 16.2. The number of hydrogen-bond acceptors (Lipinski definition) is 6. The molecule has 4 nitrogen and oxygen atoms in total. The second-order valence-corrected chi connectivity index (χ2v) is 22.8. The first-order valence-electron chi connectivity index (χ1n) is 25.7. The van der Waals surface area contributed by atoms with Crippen LogP contribution in [0.25, 0.3) is 51.5 Å². The van der Waals surface area contributed by atoms with Crippen molar-refractivity contribution in [1.82, 2.24) is 0 Å². The minimum atomic E-state index is -4.59. The molecular weight excluding hydrogens is 1050 g/mol. The van der Waals surface area contributed by atoms with E-state index in [1.807, 2.05) is 58.3 Å². The third kappa shape index (κ3) is 7.12. The van der Waals surface area contributed by atoms with Crippen molar-refractivity contribution < 1.29 is 26.3 Å². The number of thiophene rings is 2. The maximum Gasteiger partial charge on any atom is 0.417 e. The number of hydrogen-bond donors (Lipinski definition) is 0. The lowest BCUT2D eigenvalue weighted by Crippen LogP contribution is -2.40. The van der Waals surface area contributed by atoms with Crippen molar-refractivity contribution in [1.29, 1.82) is 10.5 Å². The van der Waals surface area contributed by atoms with Crippen LogP contribution in [0.2, 0.25) is 0 Å². The summed E-state index contributed by atoms with van der Waals surface area (Å²) >= 11 is 2.17. The SMILES string of the molecule is CC1(C)c2ccccc2C2(c3ccc(N(c4cccc(C#N)c4)c4cccc5c4sc4c(C(F)(F)F)cccc45)cc3-c3cc(N(c4cccc(C#N)c4)c4cccc5c4sc4c(C(F)(F)F)cccc45)ccc32)c2ccccc21. The Bertz CT molecular complexity index is 4390. The van der Waals surface area contributed by atoms with Crippen LogP contribution in [0.5, 0.6) is 0 Å². The lowest BCUT2D eigenvalue weighted by Gasteiger charge is -2.46. The van der Waals surface area contributed by atoms with Crippen molar-refractivity contribution in [2.24, 2.45) is 0 Å². The first kappa shape index (κ1) is 49.1. The molecule has 0 aliphatic heterocycles. The van der Waals surface area contributed by atoms with E-state index in [-0.39, 0.29) is 9.40 Å². The van der Waals surface area contributed by atoms with Crippen molar-refractivity contribution in [3.8, 4) is 23.3 Å². The highest BCUT2D eigenvalue weighted by Crippen LogP contribution is 2.64. The second kappa shape index (κ2) is 17.7. The zero-order valence-electron chi connectivity index (χ0n) is 42.5. The molecule has 0 amide bonds. The van der Waals surface area contributed by atoms with Gasteiger partial charge < -0.3 is 9.80 Å². The Hall–Kier alpha value is -9.20. The molecular formula is C68H40F6N4S2. The molecule has 0 unspecified atom stereocenters. The van der Waals surface area contributed by atoms with E-state index < -0.39 is 34.3 Å². The fraction of sp³-hybridized carbons (Fsp3) is 0.0882. The number of alkyl halides is 6. The van der Waals surface area contributed by atoms with Crippen LogP contribution in [0, 0.1) is 22.7 Å². The highest BCUT2D eigenvalue weighted by Gasteiger charge is 2.53. The summed E-state index contributed by atoms with van der Waals surface area (Å²) < 4.78 is 89.9. The minimum Gasteiger partial charge on any atom is -0.309 e. The van der Waals surface area contributed by atoms with Gasteiger partial charge in [0.25, 0.3) is 0 Å². The Morgan fingerprint density at radius 2 is 0.738 bits per heavy atom. The predicted molar refractivity (Wildman–Crippen MR) is 310 cm³/mol. The van der Waals surface area contributed by atoms with Crippen molar-refractivity contribution in [3.63, 3.8) is 0 Å². The van der Waals surface area contributed by atoms with Gasteiger partial charge in [-0.3, -0.25) is 0 Å². The molecule has 80 heavy (non-hydrogen) atoms. The standard InChI is InChI=1S/C68H40F6N4S2/c1-65(2)53-21-3-5-23-55(53)66(56-24-6-4-22-54(56)65)51-31-29-43(77(41-15-7-13-39(33-41)37-75)59-27-11-19-47-45-17-9-25-57(67(69,70)71)61(45)79-63(47)59)35-49(51)50-36-44(30-32-52(50)66)78(42-16-8-14-40(34-42)38-76)60-28-12-20-48-46-18-10-26-58(68(72,73)74)62(46)80-64(48)60/h3-36H,1-2H3. The molecule has 0 radical (unpaired) electrons. The predicted octanol–water partition coefficient (Wildman–Crippen LogP) is 20.1. The molecule has 2 aliphatic carbocycles. The molecule has 12 aromatic rings. The van der Waals surface area contributed by atoms with Gasteiger partial charge in [-0.25, -0.2) is 0 Å². The van der Waals surface area contributed by atoms with E-state index in [4.69, 9.17) is 0 Å². The van der Waals surface area contributed by atoms with E-state index in [0.29, 0.717) is 76.2 Å². The molecule has 0 saturated carbocycles. The zero-order valence-corrected chi connectivity index (χ0v) is 44.1. The number of nitrogens with zero attached hydrogens (tertiary/aromatic N) is 4. The Morgan fingerprint density at radius 1 is 0.375 bits per heavy atom. The summed E-state index contributed by atoms with van der Waals surface area (Å²) in [5.41, 5.74) is 10.2. The molecule has 386 valence electrons.